The highest BCUT2D eigenvalue weighted by molar-refractivity contribution is 6.13. The molecule has 132 valence electrons. The number of carbonyl (C=O) groups is 3. The predicted molar refractivity (Wildman–Crippen MR) is 90.8 cm³/mol. The summed E-state index contributed by atoms with van der Waals surface area (Å²) < 4.78 is 0. The first-order valence-electron chi connectivity index (χ1n) is 8.16. The molecular weight excluding hydrogens is 322 g/mol. The van der Waals surface area contributed by atoms with E-state index in [2.05, 4.69) is 10.5 Å². The topological polar surface area (TPSA) is 88.1 Å². The first-order chi connectivity index (χ1) is 11.7. The van der Waals surface area contributed by atoms with Crippen molar-refractivity contribution < 1.29 is 19.2 Å². The van der Waals surface area contributed by atoms with Crippen LogP contribution in [0.1, 0.15) is 42.5 Å². The average molecular weight is 343 g/mol. The molecular formula is C18H21N3O4. The van der Waals surface area contributed by atoms with Gasteiger partial charge in [-0.15, -0.1) is 0 Å². The number of benzene rings is 1. The second-order valence-corrected chi connectivity index (χ2v) is 6.77. The normalized spacial score (nSPS) is 25.7. The van der Waals surface area contributed by atoms with Gasteiger partial charge >= 0.3 is 0 Å². The van der Waals surface area contributed by atoms with Gasteiger partial charge in [-0.25, -0.2) is 0 Å². The van der Waals surface area contributed by atoms with Gasteiger partial charge < -0.3 is 10.2 Å². The highest BCUT2D eigenvalue weighted by Gasteiger charge is 2.57. The van der Waals surface area contributed by atoms with Crippen molar-refractivity contribution in [2.24, 2.45) is 5.16 Å². The van der Waals surface area contributed by atoms with Crippen LogP contribution in [-0.4, -0.2) is 40.1 Å². The number of piperazine rings is 1. The minimum Gasteiger partial charge on any atom is -0.356 e. The lowest BCUT2D eigenvalue weighted by Crippen LogP contribution is -2.70. The number of nitrogens with one attached hydrogen (secondary N) is 1. The van der Waals surface area contributed by atoms with E-state index in [1.165, 1.54) is 13.8 Å². The van der Waals surface area contributed by atoms with Crippen molar-refractivity contribution in [2.75, 3.05) is 0 Å². The fourth-order valence-corrected chi connectivity index (χ4v) is 3.64. The summed E-state index contributed by atoms with van der Waals surface area (Å²) >= 11 is 0. The molecule has 2 aliphatic rings. The van der Waals surface area contributed by atoms with Gasteiger partial charge in [0.1, 0.15) is 6.04 Å². The lowest BCUT2D eigenvalue weighted by Gasteiger charge is -2.39. The van der Waals surface area contributed by atoms with E-state index >= 15 is 0 Å². The molecule has 1 aromatic carbocycles. The van der Waals surface area contributed by atoms with Crippen LogP contribution in [0.25, 0.3) is 0 Å². The van der Waals surface area contributed by atoms with E-state index in [0.29, 0.717) is 5.71 Å². The van der Waals surface area contributed by atoms with Crippen LogP contribution in [0.4, 0.5) is 0 Å². The van der Waals surface area contributed by atoms with E-state index in [1.807, 2.05) is 32.9 Å². The smallest absolute Gasteiger partial charge is 0.298 e. The van der Waals surface area contributed by atoms with Gasteiger partial charge in [-0.05, 0) is 38.8 Å². The van der Waals surface area contributed by atoms with Crippen molar-refractivity contribution in [3.63, 3.8) is 0 Å². The Labute approximate surface area is 146 Å². The number of aryl methyl sites for hydroxylation is 3. The Morgan fingerprint density at radius 1 is 1.28 bits per heavy atom. The van der Waals surface area contributed by atoms with Gasteiger partial charge in [0.15, 0.2) is 0 Å². The molecule has 0 aromatic heterocycles. The molecule has 2 atom stereocenters. The zero-order valence-electron chi connectivity index (χ0n) is 15.0. The molecule has 1 spiro atoms. The minimum atomic E-state index is -1.64. The Kier molecular flexibility index (Phi) is 3.89. The van der Waals surface area contributed by atoms with Crippen molar-refractivity contribution >= 4 is 23.4 Å². The number of rotatable bonds is 1. The molecule has 7 heteroatoms. The number of hydrogen-bond donors (Lipinski definition) is 1. The third-order valence-electron chi connectivity index (χ3n) is 4.69. The van der Waals surface area contributed by atoms with Crippen molar-refractivity contribution in [3.8, 4) is 0 Å². The van der Waals surface area contributed by atoms with Gasteiger partial charge in [0.25, 0.3) is 11.6 Å². The molecule has 1 saturated heterocycles. The van der Waals surface area contributed by atoms with Crippen molar-refractivity contribution in [1.29, 1.82) is 0 Å². The Morgan fingerprint density at radius 3 is 2.44 bits per heavy atom. The van der Waals surface area contributed by atoms with Crippen molar-refractivity contribution in [2.45, 2.75) is 52.8 Å². The Bertz CT molecular complexity index is 807. The fourth-order valence-electron chi connectivity index (χ4n) is 3.64. The zero-order valence-corrected chi connectivity index (χ0v) is 15.0. The minimum absolute atomic E-state index is 0.0822. The third-order valence-corrected chi connectivity index (χ3v) is 4.69. The SMILES string of the molecule is CC(=O)N1C(=O)C2(CC(c3c(C)cc(C)cc3C)=NO2)NC(=O)C1C. The molecule has 3 amide bonds. The van der Waals surface area contributed by atoms with Crippen LogP contribution in [0.2, 0.25) is 0 Å². The van der Waals surface area contributed by atoms with Gasteiger partial charge in [-0.1, -0.05) is 22.9 Å². The highest BCUT2D eigenvalue weighted by atomic mass is 16.7. The lowest BCUT2D eigenvalue weighted by atomic mass is 9.91. The third kappa shape index (κ3) is 2.59. The lowest BCUT2D eigenvalue weighted by molar-refractivity contribution is -0.179. The Balaban J connectivity index is 1.97. The molecule has 2 heterocycles. The summed E-state index contributed by atoms with van der Waals surface area (Å²) in [5.41, 5.74) is 3.01. The van der Waals surface area contributed by atoms with E-state index in [1.54, 1.807) is 0 Å². The van der Waals surface area contributed by atoms with Crippen LogP contribution >= 0.6 is 0 Å². The molecule has 1 N–H and O–H groups in total. The molecule has 1 fully saturated rings. The summed E-state index contributed by atoms with van der Waals surface area (Å²) in [6.07, 6.45) is 0.0822. The summed E-state index contributed by atoms with van der Waals surface area (Å²) in [6.45, 7) is 8.70. The standard InChI is InChI=1S/C18H21N3O4/c1-9-6-10(2)15(11(3)7-9)14-8-18(25-20-14)17(24)21(13(5)22)12(4)16(23)19-18/h6-7,12H,8H2,1-5H3,(H,19,23). The van der Waals surface area contributed by atoms with E-state index in [9.17, 15) is 14.4 Å². The summed E-state index contributed by atoms with van der Waals surface area (Å²) in [5, 5.41) is 6.69. The van der Waals surface area contributed by atoms with E-state index in [4.69, 9.17) is 4.84 Å². The molecule has 1 aromatic rings. The molecule has 7 nitrogen and oxygen atoms in total. The van der Waals surface area contributed by atoms with Crippen LogP contribution in [0.15, 0.2) is 17.3 Å². The molecule has 3 rings (SSSR count). The molecule has 0 bridgehead atoms. The number of carbonyl (C=O) groups excluding carboxylic acids is 3. The number of nitrogens with zero attached hydrogens (tertiary/aromatic N) is 2. The van der Waals surface area contributed by atoms with Gasteiger partial charge in [-0.2, -0.15) is 0 Å². The van der Waals surface area contributed by atoms with E-state index in [-0.39, 0.29) is 6.42 Å². The van der Waals surface area contributed by atoms with Crippen LogP contribution in [-0.2, 0) is 19.2 Å². The number of imide groups is 1. The molecule has 2 unspecified atom stereocenters. The predicted octanol–water partition coefficient (Wildman–Crippen LogP) is 1.33. The van der Waals surface area contributed by atoms with Crippen molar-refractivity contribution in [1.82, 2.24) is 10.2 Å². The van der Waals surface area contributed by atoms with Crippen LogP contribution in [0.3, 0.4) is 0 Å². The Morgan fingerprint density at radius 2 is 1.88 bits per heavy atom. The van der Waals surface area contributed by atoms with Crippen molar-refractivity contribution in [3.05, 3.63) is 34.4 Å². The quantitative estimate of drug-likeness (QED) is 0.833. The number of oxime groups is 1. The maximum Gasteiger partial charge on any atom is 0.298 e. The second kappa shape index (κ2) is 5.68. The summed E-state index contributed by atoms with van der Waals surface area (Å²) in [6, 6.07) is 3.19. The number of hydrogen-bond acceptors (Lipinski definition) is 5. The maximum atomic E-state index is 12.8. The van der Waals surface area contributed by atoms with E-state index in [0.717, 1.165) is 27.2 Å². The number of amides is 3. The molecule has 0 saturated carbocycles. The monoisotopic (exact) mass is 343 g/mol. The first kappa shape index (κ1) is 17.1. The zero-order chi connectivity index (χ0) is 18.5. The molecule has 25 heavy (non-hydrogen) atoms. The summed E-state index contributed by atoms with van der Waals surface area (Å²) in [5.74, 6) is -1.52. The van der Waals surface area contributed by atoms with Gasteiger partial charge in [0.05, 0.1) is 12.1 Å². The second-order valence-electron chi connectivity index (χ2n) is 6.77. The van der Waals surface area contributed by atoms with Crippen LogP contribution < -0.4 is 5.32 Å². The summed E-state index contributed by atoms with van der Waals surface area (Å²) in [4.78, 5) is 43.3. The van der Waals surface area contributed by atoms with Gasteiger partial charge in [0.2, 0.25) is 11.8 Å². The van der Waals surface area contributed by atoms with Crippen LogP contribution in [0.5, 0.6) is 0 Å². The average Bonchev–Trinajstić information content (AvgIpc) is 2.89. The van der Waals surface area contributed by atoms with E-state index < -0.39 is 29.5 Å². The fraction of sp³-hybridized carbons (Fsp3) is 0.444. The largest absolute Gasteiger partial charge is 0.356 e. The van der Waals surface area contributed by atoms with Gasteiger partial charge in [-0.3, -0.25) is 19.3 Å². The van der Waals surface area contributed by atoms with Crippen LogP contribution in [0, 0.1) is 20.8 Å². The highest BCUT2D eigenvalue weighted by Crippen LogP contribution is 2.32. The van der Waals surface area contributed by atoms with Gasteiger partial charge in [0, 0.05) is 12.5 Å². The maximum absolute atomic E-state index is 12.8. The summed E-state index contributed by atoms with van der Waals surface area (Å²) in [7, 11) is 0. The molecule has 0 radical (unpaired) electrons. The Hall–Kier alpha value is -2.70. The molecule has 2 aliphatic heterocycles. The molecule has 0 aliphatic carbocycles. The first-order valence-corrected chi connectivity index (χ1v) is 8.16.